The maximum Gasteiger partial charge on any atom is 0.325 e. The monoisotopic (exact) mass is 598 g/mol. The van der Waals surface area contributed by atoms with Crippen molar-refractivity contribution in [2.24, 2.45) is 5.92 Å². The summed E-state index contributed by atoms with van der Waals surface area (Å²) in [6.07, 6.45) is 0.541. The predicted octanol–water partition coefficient (Wildman–Crippen LogP) is 1.61. The van der Waals surface area contributed by atoms with Crippen molar-refractivity contribution in [2.45, 2.75) is 25.4 Å². The van der Waals surface area contributed by atoms with Gasteiger partial charge in [-0.15, -0.1) is 0 Å². The number of urea groups is 1. The van der Waals surface area contributed by atoms with Gasteiger partial charge in [-0.2, -0.15) is 0 Å². The number of hydrogen-bond acceptors (Lipinski definition) is 7. The first kappa shape index (κ1) is 29.7. The molecule has 2 atom stereocenters. The van der Waals surface area contributed by atoms with Crippen molar-refractivity contribution in [3.8, 4) is 17.6 Å². The highest BCUT2D eigenvalue weighted by molar-refractivity contribution is 6.10. The highest BCUT2D eigenvalue weighted by Crippen LogP contribution is 2.31. The second kappa shape index (κ2) is 11.9. The van der Waals surface area contributed by atoms with Gasteiger partial charge in [0, 0.05) is 76.1 Å². The Morgan fingerprint density at radius 2 is 1.73 bits per heavy atom. The van der Waals surface area contributed by atoms with Gasteiger partial charge in [0.1, 0.15) is 5.75 Å². The summed E-state index contributed by atoms with van der Waals surface area (Å²) < 4.78 is 5.27. The number of ether oxygens (including phenoxy) is 1. The van der Waals surface area contributed by atoms with Crippen LogP contribution < -0.4 is 15.0 Å². The van der Waals surface area contributed by atoms with E-state index in [4.69, 9.17) is 4.74 Å². The lowest BCUT2D eigenvalue weighted by Gasteiger charge is -2.35. The lowest BCUT2D eigenvalue weighted by Crippen LogP contribution is -2.55. The molecular weight excluding hydrogens is 560 g/mol. The molecule has 0 aromatic heterocycles. The van der Waals surface area contributed by atoms with Gasteiger partial charge in [-0.1, -0.05) is 24.8 Å². The van der Waals surface area contributed by atoms with E-state index in [1.807, 2.05) is 35.2 Å². The molecule has 0 bridgehead atoms. The van der Waals surface area contributed by atoms with Crippen molar-refractivity contribution in [3.63, 3.8) is 0 Å². The number of benzene rings is 2. The van der Waals surface area contributed by atoms with Crippen LogP contribution in [0.5, 0.6) is 5.75 Å². The van der Waals surface area contributed by atoms with Gasteiger partial charge >= 0.3 is 6.03 Å². The molecule has 230 valence electrons. The Labute approximate surface area is 257 Å². The molecule has 3 saturated heterocycles. The minimum Gasteiger partial charge on any atom is -0.497 e. The zero-order chi connectivity index (χ0) is 31.0. The molecule has 0 aliphatic carbocycles. The van der Waals surface area contributed by atoms with Crippen LogP contribution >= 0.6 is 0 Å². The van der Waals surface area contributed by atoms with Crippen LogP contribution in [-0.2, 0) is 16.1 Å². The number of amides is 5. The second-order valence-electron chi connectivity index (χ2n) is 12.0. The van der Waals surface area contributed by atoms with E-state index >= 15 is 0 Å². The van der Waals surface area contributed by atoms with Crippen molar-refractivity contribution in [3.05, 3.63) is 59.2 Å². The number of likely N-dealkylation sites (N-methyl/N-ethyl adjacent to an activating group) is 2. The third-order valence-corrected chi connectivity index (χ3v) is 9.32. The molecule has 44 heavy (non-hydrogen) atoms. The number of methoxy groups -OCH3 is 1. The normalized spacial score (nSPS) is 24.1. The van der Waals surface area contributed by atoms with Gasteiger partial charge in [-0.3, -0.25) is 19.7 Å². The molecule has 0 radical (unpaired) electrons. The smallest absolute Gasteiger partial charge is 0.325 e. The van der Waals surface area contributed by atoms with E-state index in [0.29, 0.717) is 42.3 Å². The zero-order valence-corrected chi connectivity index (χ0v) is 25.5. The minimum absolute atomic E-state index is 0.0842. The Bertz CT molecular complexity index is 1540. The summed E-state index contributed by atoms with van der Waals surface area (Å²) in [5.74, 6) is 6.26. The molecule has 0 saturated carbocycles. The number of carbonyl (C=O) groups excluding carboxylic acids is 4. The van der Waals surface area contributed by atoms with E-state index in [-0.39, 0.29) is 18.4 Å². The fourth-order valence-electron chi connectivity index (χ4n) is 6.55. The number of hydrogen-bond donors (Lipinski definition) is 1. The summed E-state index contributed by atoms with van der Waals surface area (Å²) >= 11 is 0. The third-order valence-electron chi connectivity index (χ3n) is 9.32. The molecule has 4 heterocycles. The highest BCUT2D eigenvalue weighted by Gasteiger charge is 2.52. The van der Waals surface area contributed by atoms with E-state index in [9.17, 15) is 19.2 Å². The van der Waals surface area contributed by atoms with E-state index in [1.165, 1.54) is 24.0 Å². The van der Waals surface area contributed by atoms with Crippen molar-refractivity contribution >= 4 is 29.4 Å². The van der Waals surface area contributed by atoms with Crippen LogP contribution in [0.2, 0.25) is 0 Å². The van der Waals surface area contributed by atoms with Crippen molar-refractivity contribution in [2.75, 3.05) is 71.4 Å². The van der Waals surface area contributed by atoms with Gasteiger partial charge in [0.25, 0.3) is 11.8 Å². The number of anilines is 1. The molecular formula is C33H38N6O5. The standard InChI is InChI=1S/C33H38N6O5/c1-4-36-13-15-37(16-14-36)19-24-17-29(40)39(20-24)26-8-5-23(6-9-26)11-12-33(31(42)34-32(43)35(33)2)22-38-21-25-7-10-27(44-3)18-28(25)30(38)41/h5-10,18,24H,4,13-17,19-22H2,1-3H3,(H,34,42,43). The summed E-state index contributed by atoms with van der Waals surface area (Å²) in [5.41, 5.74) is 1.22. The van der Waals surface area contributed by atoms with Crippen LogP contribution in [-0.4, -0.2) is 115 Å². The van der Waals surface area contributed by atoms with Crippen LogP contribution in [0, 0.1) is 17.8 Å². The lowest BCUT2D eigenvalue weighted by atomic mass is 9.97. The first-order chi connectivity index (χ1) is 21.2. The van der Waals surface area contributed by atoms with Crippen LogP contribution in [0.25, 0.3) is 0 Å². The number of carbonyl (C=O) groups is 4. The molecule has 11 heteroatoms. The largest absolute Gasteiger partial charge is 0.497 e. The van der Waals surface area contributed by atoms with Gasteiger partial charge in [0.2, 0.25) is 11.4 Å². The quantitative estimate of drug-likeness (QED) is 0.382. The molecule has 0 spiro atoms. The summed E-state index contributed by atoms with van der Waals surface area (Å²) in [5, 5.41) is 2.35. The van der Waals surface area contributed by atoms with Crippen molar-refractivity contribution < 1.29 is 23.9 Å². The van der Waals surface area contributed by atoms with Gasteiger partial charge in [-0.05, 0) is 54.4 Å². The molecule has 11 nitrogen and oxygen atoms in total. The van der Waals surface area contributed by atoms with Gasteiger partial charge in [0.15, 0.2) is 0 Å². The molecule has 1 N–H and O–H groups in total. The topological polar surface area (TPSA) is 106 Å². The number of nitrogens with one attached hydrogen (secondary N) is 1. The first-order valence-electron chi connectivity index (χ1n) is 15.1. The average Bonchev–Trinajstić information content (AvgIpc) is 3.63. The fraction of sp³-hybridized carbons (Fsp3) is 0.455. The molecule has 2 aromatic carbocycles. The van der Waals surface area contributed by atoms with Gasteiger partial charge < -0.3 is 29.2 Å². The van der Waals surface area contributed by atoms with Crippen LogP contribution in [0.15, 0.2) is 42.5 Å². The maximum atomic E-state index is 13.3. The minimum atomic E-state index is -1.56. The zero-order valence-electron chi connectivity index (χ0n) is 25.5. The number of fused-ring (bicyclic) bond motifs is 1. The average molecular weight is 599 g/mol. The number of nitrogens with zero attached hydrogens (tertiary/aromatic N) is 5. The van der Waals surface area contributed by atoms with Crippen LogP contribution in [0.3, 0.4) is 0 Å². The first-order valence-corrected chi connectivity index (χ1v) is 15.1. The number of imide groups is 1. The Kier molecular flexibility index (Phi) is 8.05. The fourth-order valence-corrected chi connectivity index (χ4v) is 6.55. The second-order valence-corrected chi connectivity index (χ2v) is 12.0. The van der Waals surface area contributed by atoms with E-state index in [2.05, 4.69) is 33.9 Å². The van der Waals surface area contributed by atoms with E-state index in [1.54, 1.807) is 12.1 Å². The molecule has 2 unspecified atom stereocenters. The molecule has 2 aromatic rings. The number of rotatable bonds is 7. The molecule has 3 fully saturated rings. The Morgan fingerprint density at radius 3 is 2.39 bits per heavy atom. The summed E-state index contributed by atoms with van der Waals surface area (Å²) in [6, 6.07) is 12.1. The molecule has 5 amide bonds. The lowest BCUT2D eigenvalue weighted by molar-refractivity contribution is -0.124. The molecule has 4 aliphatic rings. The summed E-state index contributed by atoms with van der Waals surface area (Å²) in [4.78, 5) is 61.5. The molecule has 6 rings (SSSR count). The van der Waals surface area contributed by atoms with E-state index in [0.717, 1.165) is 50.5 Å². The molecule has 4 aliphatic heterocycles. The van der Waals surface area contributed by atoms with Crippen molar-refractivity contribution in [1.29, 1.82) is 0 Å². The highest BCUT2D eigenvalue weighted by atomic mass is 16.5. The maximum absolute atomic E-state index is 13.3. The summed E-state index contributed by atoms with van der Waals surface area (Å²) in [7, 11) is 3.05. The third kappa shape index (κ3) is 5.51. The Hall–Kier alpha value is -4.40. The Balaban J connectivity index is 1.15. The SMILES string of the molecule is CCN1CCN(CC2CC(=O)N(c3ccc(C#CC4(CN5Cc6ccc(OC)cc6C5=O)C(=O)NC(=O)N4C)cc3)C2)CC1. The van der Waals surface area contributed by atoms with Gasteiger partial charge in [-0.25, -0.2) is 4.79 Å². The van der Waals surface area contributed by atoms with E-state index < -0.39 is 17.5 Å². The summed E-state index contributed by atoms with van der Waals surface area (Å²) in [6.45, 7) is 9.34. The Morgan fingerprint density at radius 1 is 1.00 bits per heavy atom. The predicted molar refractivity (Wildman–Crippen MR) is 164 cm³/mol. The number of piperazine rings is 1. The van der Waals surface area contributed by atoms with Gasteiger partial charge in [0.05, 0.1) is 13.7 Å². The van der Waals surface area contributed by atoms with Crippen molar-refractivity contribution in [1.82, 2.24) is 24.9 Å². The van der Waals surface area contributed by atoms with Crippen LogP contribution in [0.4, 0.5) is 10.5 Å². The van der Waals surface area contributed by atoms with Crippen LogP contribution in [0.1, 0.15) is 34.8 Å².